The van der Waals surface area contributed by atoms with Gasteiger partial charge in [-0.25, -0.2) is 9.48 Å². The summed E-state index contributed by atoms with van der Waals surface area (Å²) in [6.07, 6.45) is 4.03. The van der Waals surface area contributed by atoms with Crippen molar-refractivity contribution in [2.45, 2.75) is 18.9 Å². The predicted molar refractivity (Wildman–Crippen MR) is 91.1 cm³/mol. The molecule has 1 aliphatic carbocycles. The normalized spacial score (nSPS) is 17.0. The number of carbonyl (C=O) groups is 2. The van der Waals surface area contributed by atoms with E-state index in [9.17, 15) is 9.59 Å². The van der Waals surface area contributed by atoms with E-state index in [0.29, 0.717) is 31.2 Å². The van der Waals surface area contributed by atoms with Gasteiger partial charge in [-0.2, -0.15) is 0 Å². The van der Waals surface area contributed by atoms with Crippen molar-refractivity contribution in [2.75, 3.05) is 25.0 Å². The van der Waals surface area contributed by atoms with Crippen LogP contribution in [-0.4, -0.2) is 51.5 Å². The molecule has 1 aliphatic heterocycles. The first kappa shape index (κ1) is 15.6. The Labute approximate surface area is 145 Å². The van der Waals surface area contributed by atoms with Crippen molar-refractivity contribution >= 4 is 17.6 Å². The number of aromatic nitrogens is 3. The number of hydrogen-bond acceptors (Lipinski definition) is 4. The van der Waals surface area contributed by atoms with Crippen LogP contribution in [0.3, 0.4) is 0 Å². The van der Waals surface area contributed by atoms with Crippen LogP contribution in [0.25, 0.3) is 0 Å². The van der Waals surface area contributed by atoms with Crippen LogP contribution in [0.2, 0.25) is 0 Å². The summed E-state index contributed by atoms with van der Waals surface area (Å²) in [5.74, 6) is 0.443. The number of carbonyl (C=O) groups excluding carboxylic acids is 2. The Bertz CT molecular complexity index is 764. The average Bonchev–Trinajstić information content (AvgIpc) is 3.28. The van der Waals surface area contributed by atoms with Crippen molar-refractivity contribution in [2.24, 2.45) is 5.92 Å². The lowest BCUT2D eigenvalue weighted by molar-refractivity contribution is 0.0946. The third kappa shape index (κ3) is 3.62. The predicted octanol–water partition coefficient (Wildman–Crippen LogP) is 1.51. The van der Waals surface area contributed by atoms with Crippen LogP contribution in [0.5, 0.6) is 0 Å². The number of benzene rings is 1. The second-order valence-electron chi connectivity index (χ2n) is 6.59. The second-order valence-corrected chi connectivity index (χ2v) is 6.59. The number of amides is 3. The van der Waals surface area contributed by atoms with Crippen LogP contribution in [0.1, 0.15) is 29.4 Å². The Balaban J connectivity index is 1.27. The minimum Gasteiger partial charge on any atom is -0.350 e. The van der Waals surface area contributed by atoms with Gasteiger partial charge in [0.1, 0.15) is 0 Å². The molecule has 2 aliphatic rings. The van der Waals surface area contributed by atoms with Gasteiger partial charge in [-0.15, -0.1) is 5.10 Å². The summed E-state index contributed by atoms with van der Waals surface area (Å²) < 4.78 is 1.67. The minimum absolute atomic E-state index is 0.0546. The molecule has 8 heteroatoms. The van der Waals surface area contributed by atoms with Gasteiger partial charge < -0.3 is 15.5 Å². The van der Waals surface area contributed by atoms with Crippen LogP contribution in [0.4, 0.5) is 10.5 Å². The summed E-state index contributed by atoms with van der Waals surface area (Å²) >= 11 is 0. The Morgan fingerprint density at radius 1 is 1.16 bits per heavy atom. The quantitative estimate of drug-likeness (QED) is 0.863. The van der Waals surface area contributed by atoms with E-state index >= 15 is 0 Å². The molecule has 1 saturated heterocycles. The van der Waals surface area contributed by atoms with Crippen LogP contribution < -0.4 is 10.6 Å². The Kier molecular flexibility index (Phi) is 4.09. The molecule has 130 valence electrons. The Hall–Kier alpha value is -2.90. The summed E-state index contributed by atoms with van der Waals surface area (Å²) in [7, 11) is 0. The maximum Gasteiger partial charge on any atom is 0.321 e. The molecule has 4 rings (SSSR count). The fraction of sp³-hybridized carbons (Fsp3) is 0.412. The number of likely N-dealkylation sites (tertiary alicyclic amines) is 1. The molecule has 0 radical (unpaired) electrons. The van der Waals surface area contributed by atoms with Gasteiger partial charge >= 0.3 is 6.03 Å². The smallest absolute Gasteiger partial charge is 0.321 e. The van der Waals surface area contributed by atoms with Gasteiger partial charge in [0.25, 0.3) is 5.91 Å². The topological polar surface area (TPSA) is 92.2 Å². The first-order chi connectivity index (χ1) is 12.2. The maximum atomic E-state index is 12.1. The molecule has 1 aromatic heterocycles. The molecule has 0 spiro atoms. The first-order valence-corrected chi connectivity index (χ1v) is 8.50. The molecule has 0 bridgehead atoms. The molecule has 1 saturated carbocycles. The molecular weight excluding hydrogens is 320 g/mol. The summed E-state index contributed by atoms with van der Waals surface area (Å²) in [4.78, 5) is 25.8. The highest BCUT2D eigenvalue weighted by Crippen LogP contribution is 2.27. The molecular formula is C17H20N6O2. The molecule has 0 unspecified atom stereocenters. The lowest BCUT2D eigenvalue weighted by atomic mass is 10.1. The molecule has 3 amide bonds. The second kappa shape index (κ2) is 6.54. The number of rotatable bonds is 5. The van der Waals surface area contributed by atoms with E-state index in [1.165, 1.54) is 12.8 Å². The number of anilines is 1. The molecule has 2 N–H and O–H groups in total. The number of hydrogen-bond donors (Lipinski definition) is 2. The van der Waals surface area contributed by atoms with Crippen molar-refractivity contribution in [1.29, 1.82) is 0 Å². The van der Waals surface area contributed by atoms with Crippen LogP contribution >= 0.6 is 0 Å². The van der Waals surface area contributed by atoms with Gasteiger partial charge in [0.05, 0.1) is 12.2 Å². The Morgan fingerprint density at radius 2 is 1.92 bits per heavy atom. The zero-order valence-corrected chi connectivity index (χ0v) is 13.8. The third-order valence-corrected chi connectivity index (χ3v) is 4.54. The van der Waals surface area contributed by atoms with Crippen molar-refractivity contribution in [1.82, 2.24) is 25.2 Å². The SMILES string of the molecule is O=C(NCC1CC1)c1cn(C2CN(C(=O)Nc3ccccc3)C2)nn1. The van der Waals surface area contributed by atoms with Gasteiger partial charge in [-0.05, 0) is 30.9 Å². The summed E-state index contributed by atoms with van der Waals surface area (Å²) in [6.45, 7) is 1.80. The minimum atomic E-state index is -0.184. The van der Waals surface area contributed by atoms with Crippen LogP contribution in [0.15, 0.2) is 36.5 Å². The van der Waals surface area contributed by atoms with E-state index in [1.54, 1.807) is 15.8 Å². The highest BCUT2D eigenvalue weighted by atomic mass is 16.2. The van der Waals surface area contributed by atoms with Gasteiger partial charge in [-0.1, -0.05) is 23.4 Å². The fourth-order valence-corrected chi connectivity index (χ4v) is 2.72. The summed E-state index contributed by atoms with van der Waals surface area (Å²) in [6, 6.07) is 9.26. The Morgan fingerprint density at radius 3 is 2.64 bits per heavy atom. The molecule has 2 fully saturated rings. The molecule has 25 heavy (non-hydrogen) atoms. The molecule has 0 atom stereocenters. The lowest BCUT2D eigenvalue weighted by Gasteiger charge is -2.38. The van der Waals surface area contributed by atoms with E-state index in [1.807, 2.05) is 30.3 Å². The zero-order valence-electron chi connectivity index (χ0n) is 13.8. The monoisotopic (exact) mass is 340 g/mol. The van der Waals surface area contributed by atoms with Crippen LogP contribution in [0, 0.1) is 5.92 Å². The number of urea groups is 1. The number of nitrogens with one attached hydrogen (secondary N) is 2. The van der Waals surface area contributed by atoms with Crippen molar-refractivity contribution in [3.63, 3.8) is 0 Å². The van der Waals surface area contributed by atoms with Crippen LogP contribution in [-0.2, 0) is 0 Å². The standard InChI is InChI=1S/C17H20N6O2/c24-16(18-8-12-6-7-12)15-11-23(21-20-15)14-9-22(10-14)17(25)19-13-4-2-1-3-5-13/h1-5,11-12,14H,6-10H2,(H,18,24)(H,19,25). The summed E-state index contributed by atoms with van der Waals surface area (Å²) in [5.41, 5.74) is 1.10. The van der Waals surface area contributed by atoms with Crippen molar-refractivity contribution < 1.29 is 9.59 Å². The van der Waals surface area contributed by atoms with Gasteiger partial charge in [-0.3, -0.25) is 4.79 Å². The molecule has 2 aromatic rings. The van der Waals surface area contributed by atoms with E-state index in [2.05, 4.69) is 20.9 Å². The summed E-state index contributed by atoms with van der Waals surface area (Å²) in [5, 5.41) is 13.7. The van der Waals surface area contributed by atoms with E-state index < -0.39 is 0 Å². The number of nitrogens with zero attached hydrogens (tertiary/aromatic N) is 4. The highest BCUT2D eigenvalue weighted by molar-refractivity contribution is 5.92. The van der Waals surface area contributed by atoms with Crippen molar-refractivity contribution in [3.05, 3.63) is 42.2 Å². The third-order valence-electron chi connectivity index (χ3n) is 4.54. The van der Waals surface area contributed by atoms with Crippen molar-refractivity contribution in [3.8, 4) is 0 Å². The lowest BCUT2D eigenvalue weighted by Crippen LogP contribution is -2.52. The van der Waals surface area contributed by atoms with E-state index in [-0.39, 0.29) is 18.0 Å². The maximum absolute atomic E-state index is 12.1. The molecule has 1 aromatic carbocycles. The largest absolute Gasteiger partial charge is 0.350 e. The molecule has 8 nitrogen and oxygen atoms in total. The first-order valence-electron chi connectivity index (χ1n) is 8.50. The fourth-order valence-electron chi connectivity index (χ4n) is 2.72. The zero-order chi connectivity index (χ0) is 17.2. The number of para-hydroxylation sites is 1. The van der Waals surface area contributed by atoms with Gasteiger partial charge in [0.15, 0.2) is 5.69 Å². The van der Waals surface area contributed by atoms with Gasteiger partial charge in [0.2, 0.25) is 0 Å². The van der Waals surface area contributed by atoms with Gasteiger partial charge in [0, 0.05) is 25.3 Å². The average molecular weight is 340 g/mol. The van der Waals surface area contributed by atoms with E-state index in [0.717, 1.165) is 5.69 Å². The molecule has 2 heterocycles. The highest BCUT2D eigenvalue weighted by Gasteiger charge is 2.33. The van der Waals surface area contributed by atoms with E-state index in [4.69, 9.17) is 0 Å².